The van der Waals surface area contributed by atoms with E-state index >= 15 is 0 Å². The topological polar surface area (TPSA) is 69.6 Å². The molecule has 1 aliphatic heterocycles. The standard InChI is InChI=1S/C16H25ClN2O3S/c1-12-4-3-5-13(2)19(12)23(21,22)16-8-6-14(7-9-16)18-11-15(20)10-17/h6-9,12-13,15,18,20H,3-5,10-11H2,1-2H3. The van der Waals surface area contributed by atoms with Crippen LogP contribution in [0.2, 0.25) is 0 Å². The number of anilines is 1. The zero-order valence-electron chi connectivity index (χ0n) is 13.6. The maximum absolute atomic E-state index is 12.9. The minimum atomic E-state index is -3.48. The summed E-state index contributed by atoms with van der Waals surface area (Å²) in [4.78, 5) is 0.307. The Balaban J connectivity index is 2.14. The molecule has 0 saturated carbocycles. The fourth-order valence-electron chi connectivity index (χ4n) is 3.03. The van der Waals surface area contributed by atoms with Crippen LogP contribution in [0.1, 0.15) is 33.1 Å². The number of nitrogens with zero attached hydrogens (tertiary/aromatic N) is 1. The van der Waals surface area contributed by atoms with Crippen molar-refractivity contribution < 1.29 is 13.5 Å². The molecule has 3 unspecified atom stereocenters. The van der Waals surface area contributed by atoms with Gasteiger partial charge in [-0.2, -0.15) is 4.31 Å². The molecule has 0 radical (unpaired) electrons. The summed E-state index contributed by atoms with van der Waals surface area (Å²) in [6.45, 7) is 4.27. The molecule has 2 N–H and O–H groups in total. The van der Waals surface area contributed by atoms with Gasteiger partial charge in [-0.15, -0.1) is 11.6 Å². The average molecular weight is 361 g/mol. The Labute approximate surface area is 143 Å². The molecule has 0 spiro atoms. The van der Waals surface area contributed by atoms with Crippen LogP contribution in [0.3, 0.4) is 0 Å². The highest BCUT2D eigenvalue weighted by molar-refractivity contribution is 7.89. The summed E-state index contributed by atoms with van der Waals surface area (Å²) < 4.78 is 27.4. The summed E-state index contributed by atoms with van der Waals surface area (Å²) in [6, 6.07) is 6.71. The van der Waals surface area contributed by atoms with Crippen LogP contribution in [0.15, 0.2) is 29.2 Å². The first-order valence-electron chi connectivity index (χ1n) is 7.97. The zero-order chi connectivity index (χ0) is 17.0. The van der Waals surface area contributed by atoms with E-state index in [1.54, 1.807) is 28.6 Å². The van der Waals surface area contributed by atoms with Crippen molar-refractivity contribution in [1.82, 2.24) is 4.31 Å². The largest absolute Gasteiger partial charge is 0.390 e. The third-order valence-electron chi connectivity index (χ3n) is 4.26. The van der Waals surface area contributed by atoms with Crippen LogP contribution in [0.5, 0.6) is 0 Å². The Morgan fingerprint density at radius 1 is 1.26 bits per heavy atom. The predicted octanol–water partition coefficient (Wildman–Crippen LogP) is 2.65. The molecule has 5 nitrogen and oxygen atoms in total. The molecular formula is C16H25ClN2O3S. The van der Waals surface area contributed by atoms with Crippen LogP contribution in [-0.4, -0.2) is 48.4 Å². The fourth-order valence-corrected chi connectivity index (χ4v) is 5.02. The summed E-state index contributed by atoms with van der Waals surface area (Å²) in [5.41, 5.74) is 0.757. The van der Waals surface area contributed by atoms with Crippen molar-refractivity contribution in [3.63, 3.8) is 0 Å². The molecule has 1 fully saturated rings. The van der Waals surface area contributed by atoms with E-state index in [2.05, 4.69) is 5.32 Å². The van der Waals surface area contributed by atoms with Crippen molar-refractivity contribution in [2.24, 2.45) is 0 Å². The molecule has 1 heterocycles. The molecule has 2 rings (SSSR count). The smallest absolute Gasteiger partial charge is 0.243 e. The number of aliphatic hydroxyl groups excluding tert-OH is 1. The van der Waals surface area contributed by atoms with E-state index in [4.69, 9.17) is 11.6 Å². The molecular weight excluding hydrogens is 336 g/mol. The van der Waals surface area contributed by atoms with Crippen LogP contribution in [0, 0.1) is 0 Å². The van der Waals surface area contributed by atoms with Gasteiger partial charge >= 0.3 is 0 Å². The second kappa shape index (κ2) is 7.83. The lowest BCUT2D eigenvalue weighted by molar-refractivity contribution is 0.204. The number of hydrogen-bond donors (Lipinski definition) is 2. The van der Waals surface area contributed by atoms with Gasteiger partial charge in [0.25, 0.3) is 0 Å². The molecule has 7 heteroatoms. The maximum Gasteiger partial charge on any atom is 0.243 e. The van der Waals surface area contributed by atoms with Crippen LogP contribution in [0.25, 0.3) is 0 Å². The van der Waals surface area contributed by atoms with Gasteiger partial charge in [0.05, 0.1) is 16.9 Å². The van der Waals surface area contributed by atoms with Gasteiger partial charge < -0.3 is 10.4 Å². The van der Waals surface area contributed by atoms with E-state index in [0.717, 1.165) is 24.9 Å². The summed E-state index contributed by atoms with van der Waals surface area (Å²) >= 11 is 5.54. The van der Waals surface area contributed by atoms with Gasteiger partial charge in [-0.1, -0.05) is 6.42 Å². The number of nitrogens with one attached hydrogen (secondary N) is 1. The number of alkyl halides is 1. The van der Waals surface area contributed by atoms with E-state index in [0.29, 0.717) is 11.4 Å². The van der Waals surface area contributed by atoms with Gasteiger partial charge in [-0.25, -0.2) is 8.42 Å². The Morgan fingerprint density at radius 2 is 1.83 bits per heavy atom. The van der Waals surface area contributed by atoms with Gasteiger partial charge in [0, 0.05) is 24.3 Å². The molecule has 1 saturated heterocycles. The molecule has 1 aromatic carbocycles. The van der Waals surface area contributed by atoms with Crippen molar-refractivity contribution in [3.05, 3.63) is 24.3 Å². The number of sulfonamides is 1. The van der Waals surface area contributed by atoms with Gasteiger partial charge in [-0.05, 0) is 51.0 Å². The summed E-state index contributed by atoms with van der Waals surface area (Å²) in [7, 11) is -3.48. The lowest BCUT2D eigenvalue weighted by Crippen LogP contribution is -2.47. The number of halogens is 1. The van der Waals surface area contributed by atoms with E-state index < -0.39 is 16.1 Å². The lowest BCUT2D eigenvalue weighted by Gasteiger charge is -2.37. The van der Waals surface area contributed by atoms with Crippen molar-refractivity contribution >= 4 is 27.3 Å². The van der Waals surface area contributed by atoms with E-state index in [9.17, 15) is 13.5 Å². The van der Waals surface area contributed by atoms with Gasteiger partial charge in [-0.3, -0.25) is 0 Å². The SMILES string of the molecule is CC1CCCC(C)N1S(=O)(=O)c1ccc(NCC(O)CCl)cc1. The van der Waals surface area contributed by atoms with Gasteiger partial charge in [0.2, 0.25) is 10.0 Å². The quantitative estimate of drug-likeness (QED) is 0.765. The summed E-state index contributed by atoms with van der Waals surface area (Å²) in [6.07, 6.45) is 2.24. The Bertz CT molecular complexity index is 596. The highest BCUT2D eigenvalue weighted by Crippen LogP contribution is 2.29. The Morgan fingerprint density at radius 3 is 2.35 bits per heavy atom. The second-order valence-electron chi connectivity index (χ2n) is 6.18. The number of benzene rings is 1. The molecule has 0 bridgehead atoms. The molecule has 0 aliphatic carbocycles. The monoisotopic (exact) mass is 360 g/mol. The minimum absolute atomic E-state index is 0.0282. The first kappa shape index (κ1) is 18.5. The van der Waals surface area contributed by atoms with Crippen LogP contribution in [-0.2, 0) is 10.0 Å². The maximum atomic E-state index is 12.9. The number of aliphatic hydroxyl groups is 1. The predicted molar refractivity (Wildman–Crippen MR) is 93.5 cm³/mol. The first-order valence-corrected chi connectivity index (χ1v) is 9.95. The molecule has 130 valence electrons. The Kier molecular flexibility index (Phi) is 6.31. The Hall–Kier alpha value is -0.820. The summed E-state index contributed by atoms with van der Waals surface area (Å²) in [5, 5.41) is 12.5. The second-order valence-corrected chi connectivity index (χ2v) is 8.33. The first-order chi connectivity index (χ1) is 10.9. The van der Waals surface area contributed by atoms with Crippen molar-refractivity contribution in [3.8, 4) is 0 Å². The molecule has 0 amide bonds. The minimum Gasteiger partial charge on any atom is -0.390 e. The van der Waals surface area contributed by atoms with Crippen molar-refractivity contribution in [2.45, 2.75) is 56.2 Å². The number of rotatable bonds is 6. The van der Waals surface area contributed by atoms with Crippen molar-refractivity contribution in [1.29, 1.82) is 0 Å². The lowest BCUT2D eigenvalue weighted by atomic mass is 10.0. The highest BCUT2D eigenvalue weighted by atomic mass is 35.5. The van der Waals surface area contributed by atoms with Gasteiger partial charge in [0.15, 0.2) is 0 Å². The number of piperidine rings is 1. The van der Waals surface area contributed by atoms with Crippen LogP contribution < -0.4 is 5.32 Å². The van der Waals surface area contributed by atoms with E-state index in [1.807, 2.05) is 13.8 Å². The third kappa shape index (κ3) is 4.38. The molecule has 3 atom stereocenters. The molecule has 1 aliphatic rings. The normalized spacial score (nSPS) is 24.3. The van der Waals surface area contributed by atoms with E-state index in [-0.39, 0.29) is 18.0 Å². The van der Waals surface area contributed by atoms with Crippen molar-refractivity contribution in [2.75, 3.05) is 17.7 Å². The third-order valence-corrected chi connectivity index (χ3v) is 6.76. The van der Waals surface area contributed by atoms with Crippen LogP contribution >= 0.6 is 11.6 Å². The average Bonchev–Trinajstić information content (AvgIpc) is 2.52. The van der Waals surface area contributed by atoms with Crippen LogP contribution in [0.4, 0.5) is 5.69 Å². The molecule has 0 aromatic heterocycles. The van der Waals surface area contributed by atoms with Gasteiger partial charge in [0.1, 0.15) is 0 Å². The molecule has 23 heavy (non-hydrogen) atoms. The zero-order valence-corrected chi connectivity index (χ0v) is 15.1. The highest BCUT2D eigenvalue weighted by Gasteiger charge is 2.35. The fraction of sp³-hybridized carbons (Fsp3) is 0.625. The number of hydrogen-bond acceptors (Lipinski definition) is 4. The van der Waals surface area contributed by atoms with E-state index in [1.165, 1.54) is 0 Å². The summed E-state index contributed by atoms with van der Waals surface area (Å²) in [5.74, 6) is 0.157. The molecule has 1 aromatic rings.